The Labute approximate surface area is 197 Å². The average molecular weight is 447 g/mol. The zero-order valence-corrected chi connectivity index (χ0v) is 19.8. The van der Waals surface area contributed by atoms with Gasteiger partial charge in [0.1, 0.15) is 5.82 Å². The van der Waals surface area contributed by atoms with E-state index < -0.39 is 0 Å². The molecule has 0 atom stereocenters. The quantitative estimate of drug-likeness (QED) is 0.575. The molecule has 2 heterocycles. The van der Waals surface area contributed by atoms with Crippen molar-refractivity contribution < 1.29 is 4.79 Å². The van der Waals surface area contributed by atoms with Gasteiger partial charge in [-0.15, -0.1) is 0 Å². The zero-order chi connectivity index (χ0) is 22.3. The van der Waals surface area contributed by atoms with Crippen LogP contribution in [0.25, 0.3) is 10.9 Å². The summed E-state index contributed by atoms with van der Waals surface area (Å²) in [7, 11) is 0. The largest absolute Gasteiger partial charge is 0.369 e. The minimum Gasteiger partial charge on any atom is -0.369 e. The van der Waals surface area contributed by atoms with E-state index in [1.54, 1.807) is 0 Å². The van der Waals surface area contributed by atoms with Gasteiger partial charge in [0.25, 0.3) is 0 Å². The van der Waals surface area contributed by atoms with Crippen LogP contribution in [0, 0.1) is 23.2 Å². The summed E-state index contributed by atoms with van der Waals surface area (Å²) in [5.41, 5.74) is 2.10. The Morgan fingerprint density at radius 1 is 1.00 bits per heavy atom. The maximum Gasteiger partial charge on any atom is 0.224 e. The van der Waals surface area contributed by atoms with Crippen molar-refractivity contribution in [2.75, 3.05) is 36.8 Å². The van der Waals surface area contributed by atoms with Gasteiger partial charge in [-0.2, -0.15) is 0 Å². The van der Waals surface area contributed by atoms with Gasteiger partial charge in [0, 0.05) is 31.0 Å². The molecule has 0 unspecified atom stereocenters. The van der Waals surface area contributed by atoms with Crippen molar-refractivity contribution in [2.45, 2.75) is 64.2 Å². The average Bonchev–Trinajstić information content (AvgIpc) is 2.78. The second-order valence-electron chi connectivity index (χ2n) is 11.5. The Kier molecular flexibility index (Phi) is 5.77. The summed E-state index contributed by atoms with van der Waals surface area (Å²) in [5.74, 6) is 3.67. The van der Waals surface area contributed by atoms with Gasteiger partial charge in [-0.25, -0.2) is 4.98 Å². The van der Waals surface area contributed by atoms with E-state index in [1.165, 1.54) is 70.9 Å². The Bertz CT molecular complexity index is 977. The first-order chi connectivity index (χ1) is 16.1. The fourth-order valence-corrected chi connectivity index (χ4v) is 7.94. The smallest absolute Gasteiger partial charge is 0.224 e. The summed E-state index contributed by atoms with van der Waals surface area (Å²) in [6.07, 6.45) is 12.7. The molecule has 1 saturated heterocycles. The highest BCUT2D eigenvalue weighted by molar-refractivity contribution is 6.02. The van der Waals surface area contributed by atoms with Crippen LogP contribution < -0.4 is 10.6 Å². The third kappa shape index (κ3) is 4.62. The third-order valence-corrected chi connectivity index (χ3v) is 8.87. The number of piperidine rings is 1. The van der Waals surface area contributed by atoms with Crippen molar-refractivity contribution in [3.8, 4) is 0 Å². The lowest BCUT2D eigenvalue weighted by atomic mass is 9.49. The molecular formula is C28H38N4O. The van der Waals surface area contributed by atoms with Crippen molar-refractivity contribution in [2.24, 2.45) is 23.2 Å². The maximum atomic E-state index is 13.3. The molecule has 1 aromatic heterocycles. The van der Waals surface area contributed by atoms with Gasteiger partial charge in [-0.3, -0.25) is 4.79 Å². The number of carbonyl (C=O) groups excluding carboxylic acids is 1. The van der Waals surface area contributed by atoms with E-state index in [2.05, 4.69) is 21.6 Å². The molecule has 5 fully saturated rings. The van der Waals surface area contributed by atoms with Gasteiger partial charge in [0.2, 0.25) is 5.91 Å². The van der Waals surface area contributed by atoms with E-state index in [0.29, 0.717) is 6.42 Å². The topological polar surface area (TPSA) is 57.3 Å². The number of aromatic nitrogens is 1. The molecular weight excluding hydrogens is 408 g/mol. The number of hydrogen-bond donors (Lipinski definition) is 2. The van der Waals surface area contributed by atoms with Crippen molar-refractivity contribution in [3.05, 3.63) is 30.3 Å². The molecule has 5 nitrogen and oxygen atoms in total. The number of carbonyl (C=O) groups is 1. The molecule has 7 rings (SSSR count). The monoisotopic (exact) mass is 446 g/mol. The van der Waals surface area contributed by atoms with E-state index >= 15 is 0 Å². The fraction of sp³-hybridized carbons (Fsp3) is 0.643. The Morgan fingerprint density at radius 2 is 1.70 bits per heavy atom. The summed E-state index contributed by atoms with van der Waals surface area (Å²) in [6.45, 7) is 4.34. The Hall–Kier alpha value is -2.14. The van der Waals surface area contributed by atoms with Crippen LogP contribution in [0.15, 0.2) is 30.3 Å². The summed E-state index contributed by atoms with van der Waals surface area (Å²) in [4.78, 5) is 20.7. The van der Waals surface area contributed by atoms with Gasteiger partial charge >= 0.3 is 0 Å². The number of rotatable bonds is 7. The molecule has 2 N–H and O–H groups in total. The zero-order valence-electron chi connectivity index (χ0n) is 19.8. The first-order valence-electron chi connectivity index (χ1n) is 13.3. The Balaban J connectivity index is 1.15. The number of hydrogen-bond acceptors (Lipinski definition) is 4. The second-order valence-corrected chi connectivity index (χ2v) is 11.5. The first-order valence-corrected chi connectivity index (χ1v) is 13.3. The summed E-state index contributed by atoms with van der Waals surface area (Å²) < 4.78 is 0. The Morgan fingerprint density at radius 3 is 2.42 bits per heavy atom. The van der Waals surface area contributed by atoms with Gasteiger partial charge in [-0.05, 0) is 93.7 Å². The molecule has 33 heavy (non-hydrogen) atoms. The lowest BCUT2D eigenvalue weighted by Gasteiger charge is -2.56. The van der Waals surface area contributed by atoms with Crippen LogP contribution in [0.1, 0.15) is 64.2 Å². The number of nitrogens with zero attached hydrogens (tertiary/aromatic N) is 2. The van der Waals surface area contributed by atoms with E-state index in [9.17, 15) is 4.79 Å². The maximum absolute atomic E-state index is 13.3. The van der Waals surface area contributed by atoms with Gasteiger partial charge in [0.15, 0.2) is 0 Å². The fourth-order valence-electron chi connectivity index (χ4n) is 7.94. The van der Waals surface area contributed by atoms with Crippen LogP contribution in [0.4, 0.5) is 11.5 Å². The normalized spacial score (nSPS) is 31.1. The molecule has 1 aromatic carbocycles. The molecule has 1 amide bonds. The minimum absolute atomic E-state index is 0.188. The molecule has 4 aliphatic carbocycles. The SMILES string of the molecule is O=C(CC12CC3CC(CC(C3)C1)C2)Nc1cc(NCCN2CCCCC2)nc2ccccc12. The van der Waals surface area contributed by atoms with Crippen LogP contribution in [-0.4, -0.2) is 42.0 Å². The number of anilines is 2. The lowest BCUT2D eigenvalue weighted by Crippen LogP contribution is -2.47. The number of benzene rings is 1. The molecule has 5 aliphatic rings. The third-order valence-electron chi connectivity index (χ3n) is 8.87. The number of para-hydroxylation sites is 1. The van der Waals surface area contributed by atoms with Crippen LogP contribution in [0.2, 0.25) is 0 Å². The van der Waals surface area contributed by atoms with Crippen LogP contribution in [0.5, 0.6) is 0 Å². The number of amides is 1. The standard InChI is InChI=1S/C28H38N4O/c33-27(19-28-16-20-12-21(17-28)14-22(13-20)18-28)31-25-15-26(30-24-7-3-2-6-23(24)25)29-8-11-32-9-4-1-5-10-32/h2-3,6-7,15,20-22H,1,4-5,8-14,16-19H2,(H2,29,30,31,33). The highest BCUT2D eigenvalue weighted by atomic mass is 16.1. The summed E-state index contributed by atoms with van der Waals surface area (Å²) in [6, 6.07) is 10.2. The van der Waals surface area contributed by atoms with E-state index in [0.717, 1.165) is 53.3 Å². The minimum atomic E-state index is 0.188. The highest BCUT2D eigenvalue weighted by Gasteiger charge is 2.51. The van der Waals surface area contributed by atoms with Crippen LogP contribution in [0.3, 0.4) is 0 Å². The number of likely N-dealkylation sites (tertiary alicyclic amines) is 1. The van der Waals surface area contributed by atoms with Crippen molar-refractivity contribution in [3.63, 3.8) is 0 Å². The van der Waals surface area contributed by atoms with Crippen molar-refractivity contribution in [1.82, 2.24) is 9.88 Å². The highest BCUT2D eigenvalue weighted by Crippen LogP contribution is 2.61. The van der Waals surface area contributed by atoms with Crippen molar-refractivity contribution >= 4 is 28.3 Å². The molecule has 4 saturated carbocycles. The number of nitrogens with one attached hydrogen (secondary N) is 2. The number of fused-ring (bicyclic) bond motifs is 1. The number of pyridine rings is 1. The van der Waals surface area contributed by atoms with Crippen LogP contribution >= 0.6 is 0 Å². The summed E-state index contributed by atoms with van der Waals surface area (Å²) in [5, 5.41) is 7.86. The first kappa shape index (κ1) is 21.4. The predicted molar refractivity (Wildman–Crippen MR) is 134 cm³/mol. The molecule has 4 bridgehead atoms. The van der Waals surface area contributed by atoms with Gasteiger partial charge in [0.05, 0.1) is 11.2 Å². The van der Waals surface area contributed by atoms with E-state index in [1.807, 2.05) is 24.3 Å². The molecule has 5 heteroatoms. The molecule has 1 aliphatic heterocycles. The van der Waals surface area contributed by atoms with E-state index in [4.69, 9.17) is 4.98 Å². The van der Waals surface area contributed by atoms with Gasteiger partial charge in [-0.1, -0.05) is 24.6 Å². The van der Waals surface area contributed by atoms with Gasteiger partial charge < -0.3 is 15.5 Å². The molecule has 176 valence electrons. The van der Waals surface area contributed by atoms with Crippen LogP contribution in [-0.2, 0) is 4.79 Å². The molecule has 0 spiro atoms. The second kappa shape index (κ2) is 8.90. The van der Waals surface area contributed by atoms with Crippen molar-refractivity contribution in [1.29, 1.82) is 0 Å². The predicted octanol–water partition coefficient (Wildman–Crippen LogP) is 5.68. The molecule has 2 aromatic rings. The molecule has 0 radical (unpaired) electrons. The summed E-state index contributed by atoms with van der Waals surface area (Å²) >= 11 is 0. The lowest BCUT2D eigenvalue weighted by molar-refractivity contribution is -0.124. The van der Waals surface area contributed by atoms with E-state index in [-0.39, 0.29) is 11.3 Å².